The fourth-order valence-corrected chi connectivity index (χ4v) is 3.13. The van der Waals surface area contributed by atoms with Crippen LogP contribution in [0.3, 0.4) is 0 Å². The molecule has 3 aromatic heterocycles. The van der Waals surface area contributed by atoms with Crippen molar-refractivity contribution in [2.45, 2.75) is 13.8 Å². The van der Waals surface area contributed by atoms with Crippen molar-refractivity contribution in [3.63, 3.8) is 0 Å². The van der Waals surface area contributed by atoms with Gasteiger partial charge in [0.05, 0.1) is 35.9 Å². The first-order valence-electron chi connectivity index (χ1n) is 8.26. The molecule has 26 heavy (non-hydrogen) atoms. The van der Waals surface area contributed by atoms with Crippen LogP contribution in [0.25, 0.3) is 22.6 Å². The number of pyridine rings is 1. The monoisotopic (exact) mass is 346 g/mol. The Balaban J connectivity index is 1.80. The standard InChI is InChI=1S/C20H18N4O2/c1-13-9-14(2)24(22-13)17-6-4-5-15(10-17)18-12-21-19-11-16(20(25)26-3)7-8-23(18)19/h4-12H,1-3H3. The molecule has 0 saturated carbocycles. The summed E-state index contributed by atoms with van der Waals surface area (Å²) in [5.74, 6) is -0.372. The lowest BCUT2D eigenvalue weighted by Gasteiger charge is -2.08. The van der Waals surface area contributed by atoms with Crippen molar-refractivity contribution in [1.29, 1.82) is 0 Å². The highest BCUT2D eigenvalue weighted by Crippen LogP contribution is 2.24. The second-order valence-electron chi connectivity index (χ2n) is 6.17. The lowest BCUT2D eigenvalue weighted by atomic mass is 10.1. The van der Waals surface area contributed by atoms with Crippen LogP contribution in [0.2, 0.25) is 0 Å². The van der Waals surface area contributed by atoms with Gasteiger partial charge in [0.1, 0.15) is 5.65 Å². The highest BCUT2D eigenvalue weighted by atomic mass is 16.5. The number of rotatable bonds is 3. The van der Waals surface area contributed by atoms with E-state index in [4.69, 9.17) is 4.74 Å². The van der Waals surface area contributed by atoms with Gasteiger partial charge in [0.25, 0.3) is 0 Å². The molecule has 0 amide bonds. The molecule has 3 heterocycles. The van der Waals surface area contributed by atoms with Crippen molar-refractivity contribution in [2.75, 3.05) is 7.11 Å². The third-order valence-corrected chi connectivity index (χ3v) is 4.33. The molecule has 0 bridgehead atoms. The molecular formula is C20H18N4O2. The molecule has 0 saturated heterocycles. The van der Waals surface area contributed by atoms with E-state index in [0.717, 1.165) is 28.3 Å². The molecule has 0 radical (unpaired) electrons. The molecule has 0 atom stereocenters. The largest absolute Gasteiger partial charge is 0.465 e. The Morgan fingerprint density at radius 3 is 2.69 bits per heavy atom. The van der Waals surface area contributed by atoms with E-state index in [0.29, 0.717) is 11.2 Å². The first-order chi connectivity index (χ1) is 12.6. The summed E-state index contributed by atoms with van der Waals surface area (Å²) in [6, 6.07) is 13.7. The average Bonchev–Trinajstić information content (AvgIpc) is 3.23. The first kappa shape index (κ1) is 16.1. The Kier molecular flexibility index (Phi) is 3.80. The number of aryl methyl sites for hydroxylation is 2. The van der Waals surface area contributed by atoms with Gasteiger partial charge in [-0.15, -0.1) is 0 Å². The van der Waals surface area contributed by atoms with Gasteiger partial charge in [0, 0.05) is 17.5 Å². The Morgan fingerprint density at radius 2 is 1.96 bits per heavy atom. The van der Waals surface area contributed by atoms with Crippen molar-refractivity contribution in [3.8, 4) is 16.9 Å². The smallest absolute Gasteiger partial charge is 0.338 e. The molecule has 6 nitrogen and oxygen atoms in total. The molecule has 0 N–H and O–H groups in total. The maximum Gasteiger partial charge on any atom is 0.338 e. The molecule has 0 aliphatic carbocycles. The van der Waals surface area contributed by atoms with Gasteiger partial charge >= 0.3 is 5.97 Å². The fourth-order valence-electron chi connectivity index (χ4n) is 3.13. The summed E-state index contributed by atoms with van der Waals surface area (Å²) in [5, 5.41) is 4.55. The molecule has 1 aromatic carbocycles. The number of imidazole rings is 1. The minimum absolute atomic E-state index is 0.372. The van der Waals surface area contributed by atoms with Gasteiger partial charge in [-0.05, 0) is 44.2 Å². The number of carbonyl (C=O) groups is 1. The average molecular weight is 346 g/mol. The fraction of sp³-hybridized carbons (Fsp3) is 0.150. The molecule has 0 aliphatic rings. The van der Waals surface area contributed by atoms with Gasteiger partial charge in [-0.25, -0.2) is 14.5 Å². The zero-order valence-corrected chi connectivity index (χ0v) is 14.8. The van der Waals surface area contributed by atoms with Crippen LogP contribution in [0.5, 0.6) is 0 Å². The maximum absolute atomic E-state index is 11.7. The number of carbonyl (C=O) groups excluding carboxylic acids is 1. The molecule has 0 aliphatic heterocycles. The predicted molar refractivity (Wildman–Crippen MR) is 98.6 cm³/mol. The number of hydrogen-bond donors (Lipinski definition) is 0. The quantitative estimate of drug-likeness (QED) is 0.532. The summed E-state index contributed by atoms with van der Waals surface area (Å²) >= 11 is 0. The van der Waals surface area contributed by atoms with Gasteiger partial charge in [0.2, 0.25) is 0 Å². The molecule has 0 fully saturated rings. The first-order valence-corrected chi connectivity index (χ1v) is 8.26. The predicted octanol–water partition coefficient (Wildman–Crippen LogP) is 3.59. The van der Waals surface area contributed by atoms with Crippen LogP contribution in [0.1, 0.15) is 21.7 Å². The third kappa shape index (κ3) is 2.65. The van der Waals surface area contributed by atoms with Gasteiger partial charge in [-0.3, -0.25) is 4.40 Å². The summed E-state index contributed by atoms with van der Waals surface area (Å²) in [6.07, 6.45) is 3.64. The lowest BCUT2D eigenvalue weighted by Crippen LogP contribution is -2.02. The Labute approximate surface area is 150 Å². The van der Waals surface area contributed by atoms with Gasteiger partial charge in [0.15, 0.2) is 0 Å². The van der Waals surface area contributed by atoms with Crippen molar-refractivity contribution in [3.05, 3.63) is 71.8 Å². The number of fused-ring (bicyclic) bond motifs is 1. The molecule has 6 heteroatoms. The van der Waals surface area contributed by atoms with Crippen molar-refractivity contribution in [1.82, 2.24) is 19.2 Å². The zero-order valence-electron chi connectivity index (χ0n) is 14.8. The van der Waals surface area contributed by atoms with Crippen LogP contribution in [-0.2, 0) is 4.74 Å². The molecule has 4 rings (SSSR count). The molecular weight excluding hydrogens is 328 g/mol. The topological polar surface area (TPSA) is 61.4 Å². The van der Waals surface area contributed by atoms with E-state index in [1.807, 2.05) is 47.3 Å². The number of nitrogens with zero attached hydrogens (tertiary/aromatic N) is 4. The number of methoxy groups -OCH3 is 1. The highest BCUT2D eigenvalue weighted by Gasteiger charge is 2.12. The van der Waals surface area contributed by atoms with E-state index in [1.165, 1.54) is 7.11 Å². The van der Waals surface area contributed by atoms with E-state index >= 15 is 0 Å². The SMILES string of the molecule is COC(=O)c1ccn2c(-c3cccc(-n4nc(C)cc4C)c3)cnc2c1. The summed E-state index contributed by atoms with van der Waals surface area (Å²) in [7, 11) is 1.37. The van der Waals surface area contributed by atoms with Crippen molar-refractivity contribution < 1.29 is 9.53 Å². The lowest BCUT2D eigenvalue weighted by molar-refractivity contribution is 0.0600. The van der Waals surface area contributed by atoms with Crippen LogP contribution in [0.4, 0.5) is 0 Å². The second kappa shape index (κ2) is 6.15. The Morgan fingerprint density at radius 1 is 1.12 bits per heavy atom. The number of aromatic nitrogens is 4. The summed E-state index contributed by atoms with van der Waals surface area (Å²) in [6.45, 7) is 4.02. The zero-order chi connectivity index (χ0) is 18.3. The number of benzene rings is 1. The van der Waals surface area contributed by atoms with Crippen LogP contribution >= 0.6 is 0 Å². The van der Waals surface area contributed by atoms with Crippen molar-refractivity contribution >= 4 is 11.6 Å². The van der Waals surface area contributed by atoms with Gasteiger partial charge in [-0.1, -0.05) is 12.1 Å². The summed E-state index contributed by atoms with van der Waals surface area (Å²) < 4.78 is 8.65. The van der Waals surface area contributed by atoms with E-state index < -0.39 is 0 Å². The maximum atomic E-state index is 11.7. The molecule has 130 valence electrons. The van der Waals surface area contributed by atoms with E-state index in [1.54, 1.807) is 18.3 Å². The summed E-state index contributed by atoms with van der Waals surface area (Å²) in [4.78, 5) is 16.1. The van der Waals surface area contributed by atoms with Crippen LogP contribution < -0.4 is 0 Å². The summed E-state index contributed by atoms with van der Waals surface area (Å²) in [5.41, 5.74) is 6.20. The van der Waals surface area contributed by atoms with Gasteiger partial charge in [-0.2, -0.15) is 5.10 Å². The Hall–Kier alpha value is -3.41. The van der Waals surface area contributed by atoms with E-state index in [9.17, 15) is 4.79 Å². The number of esters is 1. The highest BCUT2D eigenvalue weighted by molar-refractivity contribution is 5.90. The number of hydrogen-bond acceptors (Lipinski definition) is 4. The van der Waals surface area contributed by atoms with Crippen LogP contribution in [-0.4, -0.2) is 32.2 Å². The van der Waals surface area contributed by atoms with Crippen LogP contribution in [0, 0.1) is 13.8 Å². The molecule has 0 unspecified atom stereocenters. The normalized spacial score (nSPS) is 11.0. The minimum Gasteiger partial charge on any atom is -0.465 e. The van der Waals surface area contributed by atoms with Gasteiger partial charge < -0.3 is 4.74 Å². The number of ether oxygens (including phenoxy) is 1. The second-order valence-corrected chi connectivity index (χ2v) is 6.17. The van der Waals surface area contributed by atoms with Crippen molar-refractivity contribution in [2.24, 2.45) is 0 Å². The van der Waals surface area contributed by atoms with E-state index in [-0.39, 0.29) is 5.97 Å². The molecule has 0 spiro atoms. The Bertz CT molecular complexity index is 1120. The van der Waals surface area contributed by atoms with E-state index in [2.05, 4.69) is 22.2 Å². The molecule has 4 aromatic rings. The van der Waals surface area contributed by atoms with Crippen LogP contribution in [0.15, 0.2) is 54.9 Å². The third-order valence-electron chi connectivity index (χ3n) is 4.33. The minimum atomic E-state index is -0.372.